The number of nitrogens with one attached hydrogen (secondary N) is 1. The van der Waals surface area contributed by atoms with Gasteiger partial charge in [-0.3, -0.25) is 4.79 Å². The van der Waals surface area contributed by atoms with Crippen LogP contribution in [0, 0.1) is 5.82 Å². The van der Waals surface area contributed by atoms with Crippen LogP contribution in [0.3, 0.4) is 0 Å². The summed E-state index contributed by atoms with van der Waals surface area (Å²) in [7, 11) is 0. The number of carbonyl (C=O) groups excluding carboxylic acids is 1. The monoisotopic (exact) mass is 276 g/mol. The Kier molecular flexibility index (Phi) is 6.65. The predicted octanol–water partition coefficient (Wildman–Crippen LogP) is 1.48. The number of para-hydroxylation sites is 1. The highest BCUT2D eigenvalue weighted by atomic mass is 35.5. The highest BCUT2D eigenvalue weighted by Gasteiger charge is 2.12. The maximum Gasteiger partial charge on any atom is 0.258 e. The number of nitrogens with two attached hydrogens (primary N) is 1. The van der Waals surface area contributed by atoms with Crippen LogP contribution in [0.25, 0.3) is 0 Å². The molecule has 1 rings (SSSR count). The normalized spacial score (nSPS) is 10.4. The SMILES string of the molecule is CC(C)(N)CNC(=O)COc1ccccc1F.Cl. The Balaban J connectivity index is 0.00000289. The van der Waals surface area contributed by atoms with Crippen molar-refractivity contribution in [3.8, 4) is 5.75 Å². The van der Waals surface area contributed by atoms with Crippen molar-refractivity contribution in [1.29, 1.82) is 0 Å². The van der Waals surface area contributed by atoms with Gasteiger partial charge < -0.3 is 15.8 Å². The van der Waals surface area contributed by atoms with Gasteiger partial charge in [-0.15, -0.1) is 12.4 Å². The van der Waals surface area contributed by atoms with Gasteiger partial charge in [0.2, 0.25) is 0 Å². The van der Waals surface area contributed by atoms with Crippen LogP contribution in [0.1, 0.15) is 13.8 Å². The molecule has 1 aromatic carbocycles. The Bertz CT molecular complexity index is 394. The highest BCUT2D eigenvalue weighted by molar-refractivity contribution is 5.85. The highest BCUT2D eigenvalue weighted by Crippen LogP contribution is 2.14. The summed E-state index contributed by atoms with van der Waals surface area (Å²) in [5, 5.41) is 2.60. The number of amides is 1. The fourth-order valence-corrected chi connectivity index (χ4v) is 1.08. The van der Waals surface area contributed by atoms with Gasteiger partial charge in [-0.25, -0.2) is 4.39 Å². The first-order valence-electron chi connectivity index (χ1n) is 5.31. The van der Waals surface area contributed by atoms with Crippen LogP contribution >= 0.6 is 12.4 Å². The summed E-state index contributed by atoms with van der Waals surface area (Å²) in [5.74, 6) is -0.749. The lowest BCUT2D eigenvalue weighted by Crippen LogP contribution is -2.46. The van der Waals surface area contributed by atoms with Crippen LogP contribution in [-0.2, 0) is 4.79 Å². The number of carbonyl (C=O) groups is 1. The maximum absolute atomic E-state index is 13.1. The third-order valence-corrected chi connectivity index (χ3v) is 1.94. The lowest BCUT2D eigenvalue weighted by Gasteiger charge is -2.18. The van der Waals surface area contributed by atoms with Gasteiger partial charge in [0.25, 0.3) is 5.91 Å². The molecular weight excluding hydrogens is 259 g/mol. The third-order valence-electron chi connectivity index (χ3n) is 1.94. The molecule has 102 valence electrons. The molecule has 0 atom stereocenters. The van der Waals surface area contributed by atoms with Crippen LogP contribution in [0.15, 0.2) is 24.3 Å². The predicted molar refractivity (Wildman–Crippen MR) is 70.4 cm³/mol. The van der Waals surface area contributed by atoms with Crippen LogP contribution in [0.5, 0.6) is 5.75 Å². The standard InChI is InChI=1S/C12H17FN2O2.ClH/c1-12(2,14)8-15-11(16)7-17-10-6-4-3-5-9(10)13;/h3-6H,7-8,14H2,1-2H3,(H,15,16);1H. The third kappa shape index (κ3) is 6.42. The molecule has 4 nitrogen and oxygen atoms in total. The van der Waals surface area contributed by atoms with E-state index < -0.39 is 11.4 Å². The molecular formula is C12H18ClFN2O2. The Morgan fingerprint density at radius 3 is 2.61 bits per heavy atom. The first-order chi connectivity index (χ1) is 7.88. The quantitative estimate of drug-likeness (QED) is 0.856. The number of halogens is 2. The minimum Gasteiger partial charge on any atom is -0.481 e. The Morgan fingerprint density at radius 1 is 1.44 bits per heavy atom. The molecule has 18 heavy (non-hydrogen) atoms. The van der Waals surface area contributed by atoms with E-state index in [9.17, 15) is 9.18 Å². The second-order valence-electron chi connectivity index (χ2n) is 4.48. The number of hydrogen-bond donors (Lipinski definition) is 2. The van der Waals surface area contributed by atoms with E-state index in [1.165, 1.54) is 12.1 Å². The maximum atomic E-state index is 13.1. The zero-order chi connectivity index (χ0) is 12.9. The molecule has 0 radical (unpaired) electrons. The number of rotatable bonds is 5. The Labute approximate surface area is 112 Å². The fourth-order valence-electron chi connectivity index (χ4n) is 1.08. The fraction of sp³-hybridized carbons (Fsp3) is 0.417. The van der Waals surface area contributed by atoms with Crippen LogP contribution in [0.4, 0.5) is 4.39 Å². The van der Waals surface area contributed by atoms with Crippen molar-refractivity contribution < 1.29 is 13.9 Å². The zero-order valence-corrected chi connectivity index (χ0v) is 11.2. The van der Waals surface area contributed by atoms with Crippen molar-refractivity contribution in [1.82, 2.24) is 5.32 Å². The summed E-state index contributed by atoms with van der Waals surface area (Å²) in [6, 6.07) is 5.93. The molecule has 0 aliphatic carbocycles. The minimum absolute atomic E-state index is 0. The second kappa shape index (κ2) is 7.18. The lowest BCUT2D eigenvalue weighted by atomic mass is 10.1. The molecule has 0 bridgehead atoms. The van der Waals surface area contributed by atoms with Crippen molar-refractivity contribution in [3.05, 3.63) is 30.1 Å². The molecule has 0 saturated carbocycles. The van der Waals surface area contributed by atoms with E-state index in [0.29, 0.717) is 6.54 Å². The van der Waals surface area contributed by atoms with E-state index in [0.717, 1.165) is 0 Å². The molecule has 0 spiro atoms. The second-order valence-corrected chi connectivity index (χ2v) is 4.48. The van der Waals surface area contributed by atoms with E-state index >= 15 is 0 Å². The molecule has 0 fully saturated rings. The zero-order valence-electron chi connectivity index (χ0n) is 10.4. The van der Waals surface area contributed by atoms with E-state index in [2.05, 4.69) is 5.32 Å². The summed E-state index contributed by atoms with van der Waals surface area (Å²) < 4.78 is 18.2. The average molecular weight is 277 g/mol. The first-order valence-corrected chi connectivity index (χ1v) is 5.31. The Morgan fingerprint density at radius 2 is 2.06 bits per heavy atom. The molecule has 0 unspecified atom stereocenters. The molecule has 1 amide bonds. The molecule has 3 N–H and O–H groups in total. The molecule has 0 heterocycles. The Hall–Kier alpha value is -1.33. The summed E-state index contributed by atoms with van der Waals surface area (Å²) >= 11 is 0. The largest absolute Gasteiger partial charge is 0.481 e. The summed E-state index contributed by atoms with van der Waals surface area (Å²) in [6.45, 7) is 3.71. The topological polar surface area (TPSA) is 64.3 Å². The summed E-state index contributed by atoms with van der Waals surface area (Å²) in [6.07, 6.45) is 0. The van der Waals surface area contributed by atoms with Gasteiger partial charge in [-0.05, 0) is 26.0 Å². The van der Waals surface area contributed by atoms with Crippen LogP contribution in [0.2, 0.25) is 0 Å². The van der Waals surface area contributed by atoms with E-state index in [-0.39, 0.29) is 30.7 Å². The van der Waals surface area contributed by atoms with E-state index in [1.54, 1.807) is 26.0 Å². The van der Waals surface area contributed by atoms with Crippen molar-refractivity contribution in [2.24, 2.45) is 5.73 Å². The molecule has 0 saturated heterocycles. The number of benzene rings is 1. The molecule has 0 aromatic heterocycles. The van der Waals surface area contributed by atoms with E-state index in [4.69, 9.17) is 10.5 Å². The van der Waals surface area contributed by atoms with E-state index in [1.807, 2.05) is 0 Å². The average Bonchev–Trinajstić information content (AvgIpc) is 2.24. The molecule has 0 aliphatic rings. The smallest absolute Gasteiger partial charge is 0.258 e. The molecule has 1 aromatic rings. The van der Waals surface area contributed by atoms with Crippen molar-refractivity contribution in [2.45, 2.75) is 19.4 Å². The van der Waals surface area contributed by atoms with Gasteiger partial charge in [-0.2, -0.15) is 0 Å². The molecule has 0 aliphatic heterocycles. The summed E-state index contributed by atoms with van der Waals surface area (Å²) in [5.41, 5.74) is 5.22. The number of ether oxygens (including phenoxy) is 1. The van der Waals surface area contributed by atoms with Gasteiger partial charge in [0, 0.05) is 12.1 Å². The van der Waals surface area contributed by atoms with Crippen LogP contribution in [-0.4, -0.2) is 24.6 Å². The van der Waals surface area contributed by atoms with Crippen molar-refractivity contribution >= 4 is 18.3 Å². The summed E-state index contributed by atoms with van der Waals surface area (Å²) in [4.78, 5) is 11.4. The van der Waals surface area contributed by atoms with Crippen molar-refractivity contribution in [3.63, 3.8) is 0 Å². The van der Waals surface area contributed by atoms with Gasteiger partial charge in [0.1, 0.15) is 0 Å². The number of hydrogen-bond acceptors (Lipinski definition) is 3. The van der Waals surface area contributed by atoms with Gasteiger partial charge >= 0.3 is 0 Å². The molecule has 6 heteroatoms. The van der Waals surface area contributed by atoms with Crippen LogP contribution < -0.4 is 15.8 Å². The minimum atomic E-state index is -0.487. The van der Waals surface area contributed by atoms with Gasteiger partial charge in [0.15, 0.2) is 18.2 Å². The van der Waals surface area contributed by atoms with Gasteiger partial charge in [-0.1, -0.05) is 12.1 Å². The first kappa shape index (κ1) is 16.7. The lowest BCUT2D eigenvalue weighted by molar-refractivity contribution is -0.123. The van der Waals surface area contributed by atoms with Gasteiger partial charge in [0.05, 0.1) is 0 Å². The van der Waals surface area contributed by atoms with Crippen molar-refractivity contribution in [2.75, 3.05) is 13.2 Å².